The Balaban J connectivity index is 1.13. The summed E-state index contributed by atoms with van der Waals surface area (Å²) in [5, 5.41) is 3.20. The number of piperazine rings is 1. The van der Waals surface area contributed by atoms with Crippen LogP contribution in [-0.2, 0) is 16.6 Å². The van der Waals surface area contributed by atoms with Gasteiger partial charge in [-0.15, -0.1) is 11.3 Å². The molecule has 39 heavy (non-hydrogen) atoms. The molecule has 0 radical (unpaired) electrons. The van der Waals surface area contributed by atoms with Crippen LogP contribution in [0, 0.1) is 6.92 Å². The first kappa shape index (κ1) is 28.0. The van der Waals surface area contributed by atoms with E-state index in [-0.39, 0.29) is 16.7 Å². The number of halogens is 1. The lowest BCUT2D eigenvalue weighted by molar-refractivity contribution is 0.0623. The quantitative estimate of drug-likeness (QED) is 0.400. The molecule has 0 aliphatic carbocycles. The Kier molecular flexibility index (Phi) is 8.58. The number of amides is 1. The molecule has 0 unspecified atom stereocenters. The number of benzene rings is 2. The predicted molar refractivity (Wildman–Crippen MR) is 153 cm³/mol. The zero-order valence-corrected chi connectivity index (χ0v) is 24.6. The van der Waals surface area contributed by atoms with Crippen molar-refractivity contribution in [3.05, 3.63) is 74.7 Å². The van der Waals surface area contributed by atoms with E-state index in [2.05, 4.69) is 17.0 Å². The van der Waals surface area contributed by atoms with E-state index >= 15 is 0 Å². The van der Waals surface area contributed by atoms with Crippen molar-refractivity contribution in [2.45, 2.75) is 37.1 Å². The maximum absolute atomic E-state index is 13.2. The molecule has 2 saturated heterocycles. The van der Waals surface area contributed by atoms with Crippen LogP contribution in [0.4, 0.5) is 0 Å². The van der Waals surface area contributed by atoms with Crippen LogP contribution in [0.15, 0.2) is 52.7 Å². The summed E-state index contributed by atoms with van der Waals surface area (Å²) in [6, 6.07) is 13.0. The molecule has 8 nitrogen and oxygen atoms in total. The third kappa shape index (κ3) is 6.30. The Morgan fingerprint density at radius 1 is 1.05 bits per heavy atom. The minimum Gasteiger partial charge on any atom is -0.497 e. The summed E-state index contributed by atoms with van der Waals surface area (Å²) in [6.07, 6.45) is 1.34. The van der Waals surface area contributed by atoms with Gasteiger partial charge in [0.1, 0.15) is 11.4 Å². The van der Waals surface area contributed by atoms with Gasteiger partial charge in [-0.2, -0.15) is 4.31 Å². The number of hydrogen-bond acceptors (Lipinski definition) is 7. The molecule has 0 N–H and O–H groups in total. The molecular formula is C28H33ClN4O4S2. The number of nitrogens with zero attached hydrogens (tertiary/aromatic N) is 4. The summed E-state index contributed by atoms with van der Waals surface area (Å²) < 4.78 is 33.0. The van der Waals surface area contributed by atoms with Crippen molar-refractivity contribution in [2.75, 3.05) is 46.4 Å². The van der Waals surface area contributed by atoms with Gasteiger partial charge in [0.2, 0.25) is 10.0 Å². The summed E-state index contributed by atoms with van der Waals surface area (Å²) in [7, 11) is -1.93. The van der Waals surface area contributed by atoms with Gasteiger partial charge < -0.3 is 9.64 Å². The number of ether oxygens (including phenoxy) is 1. The van der Waals surface area contributed by atoms with Crippen LogP contribution < -0.4 is 4.74 Å². The zero-order valence-electron chi connectivity index (χ0n) is 22.2. The highest BCUT2D eigenvalue weighted by atomic mass is 35.5. The van der Waals surface area contributed by atoms with Gasteiger partial charge >= 0.3 is 0 Å². The van der Waals surface area contributed by atoms with Gasteiger partial charge in [0.15, 0.2) is 0 Å². The third-order valence-electron chi connectivity index (χ3n) is 7.55. The molecule has 0 spiro atoms. The summed E-state index contributed by atoms with van der Waals surface area (Å²) in [5.41, 5.74) is 2.56. The van der Waals surface area contributed by atoms with Crippen LogP contribution in [0.25, 0.3) is 0 Å². The van der Waals surface area contributed by atoms with Gasteiger partial charge in [0.05, 0.1) is 17.0 Å². The highest BCUT2D eigenvalue weighted by molar-refractivity contribution is 7.89. The lowest BCUT2D eigenvalue weighted by atomic mass is 9.99. The molecule has 5 rings (SSSR count). The standard InChI is InChI=1S/C28H33ClN4O4S2/c1-20-3-8-24(17-25(20)29)39(35,36)33-11-9-22(10-12-33)27-30-26(19-38-27)28(34)32-15-13-31(14-16-32)18-21-4-6-23(37-2)7-5-21/h3-8,17,19,22H,9-16,18H2,1-2H3. The second-order valence-electron chi connectivity index (χ2n) is 10.1. The highest BCUT2D eigenvalue weighted by Gasteiger charge is 2.32. The molecule has 11 heteroatoms. The first-order chi connectivity index (χ1) is 18.7. The summed E-state index contributed by atoms with van der Waals surface area (Å²) in [6.45, 7) is 6.48. The van der Waals surface area contributed by atoms with E-state index < -0.39 is 10.0 Å². The van der Waals surface area contributed by atoms with Gasteiger partial charge in [-0.1, -0.05) is 29.8 Å². The predicted octanol–water partition coefficient (Wildman–Crippen LogP) is 4.64. The lowest BCUT2D eigenvalue weighted by Crippen LogP contribution is -2.48. The number of methoxy groups -OCH3 is 1. The van der Waals surface area contributed by atoms with Crippen molar-refractivity contribution in [1.82, 2.24) is 19.1 Å². The van der Waals surface area contributed by atoms with Crippen LogP contribution in [0.5, 0.6) is 5.75 Å². The van der Waals surface area contributed by atoms with Crippen molar-refractivity contribution < 1.29 is 17.9 Å². The van der Waals surface area contributed by atoms with Gasteiger partial charge in [-0.05, 0) is 55.2 Å². The minimum atomic E-state index is -3.60. The average molecular weight is 589 g/mol. The summed E-state index contributed by atoms with van der Waals surface area (Å²) >= 11 is 7.67. The number of hydrogen-bond donors (Lipinski definition) is 0. The fraction of sp³-hybridized carbons (Fsp3) is 0.429. The molecule has 3 heterocycles. The zero-order chi connectivity index (χ0) is 27.6. The highest BCUT2D eigenvalue weighted by Crippen LogP contribution is 2.33. The molecule has 3 aromatic rings. The number of aryl methyl sites for hydroxylation is 1. The number of sulfonamides is 1. The monoisotopic (exact) mass is 588 g/mol. The number of carbonyl (C=O) groups excluding carboxylic acids is 1. The first-order valence-electron chi connectivity index (χ1n) is 13.1. The summed E-state index contributed by atoms with van der Waals surface area (Å²) in [5.74, 6) is 0.962. The average Bonchev–Trinajstić information content (AvgIpc) is 3.45. The van der Waals surface area contributed by atoms with Crippen molar-refractivity contribution in [1.29, 1.82) is 0 Å². The Hall–Kier alpha value is -2.50. The normalized spacial score (nSPS) is 17.9. The molecule has 2 aliphatic rings. The van der Waals surface area contributed by atoms with E-state index in [9.17, 15) is 13.2 Å². The third-order valence-corrected chi connectivity index (χ3v) is 10.9. The fourth-order valence-corrected chi connectivity index (χ4v) is 7.77. The van der Waals surface area contributed by atoms with Crippen molar-refractivity contribution in [3.63, 3.8) is 0 Å². The van der Waals surface area contributed by atoms with Crippen molar-refractivity contribution >= 4 is 38.9 Å². The molecule has 0 bridgehead atoms. The van der Waals surface area contributed by atoms with Gasteiger partial charge in [-0.3, -0.25) is 9.69 Å². The van der Waals surface area contributed by atoms with Crippen LogP contribution >= 0.6 is 22.9 Å². The maximum Gasteiger partial charge on any atom is 0.273 e. The van der Waals surface area contributed by atoms with Crippen molar-refractivity contribution in [3.8, 4) is 5.75 Å². The summed E-state index contributed by atoms with van der Waals surface area (Å²) in [4.78, 5) is 22.3. The van der Waals surface area contributed by atoms with Gasteiger partial charge in [0.25, 0.3) is 5.91 Å². The molecule has 1 aromatic heterocycles. The largest absolute Gasteiger partial charge is 0.497 e. The Morgan fingerprint density at radius 2 is 1.74 bits per heavy atom. The number of piperidine rings is 1. The van der Waals surface area contributed by atoms with E-state index in [0.29, 0.717) is 49.7 Å². The SMILES string of the molecule is COc1ccc(CN2CCN(C(=O)c3csc(C4CCN(S(=O)(=O)c5ccc(C)c(Cl)c5)CC4)n3)CC2)cc1. The van der Waals surface area contributed by atoms with Crippen LogP contribution in [-0.4, -0.2) is 79.8 Å². The number of rotatable bonds is 7. The van der Waals surface area contributed by atoms with E-state index in [1.165, 1.54) is 27.3 Å². The number of thiazole rings is 1. The molecule has 2 aliphatic heterocycles. The molecule has 0 saturated carbocycles. The second-order valence-corrected chi connectivity index (χ2v) is 13.3. The molecule has 2 aromatic carbocycles. The molecule has 208 valence electrons. The van der Waals surface area contributed by atoms with Crippen LogP contribution in [0.1, 0.15) is 45.4 Å². The Labute approximate surface area is 239 Å². The molecule has 2 fully saturated rings. The Bertz CT molecular complexity index is 1410. The van der Waals surface area contributed by atoms with Gasteiger partial charge in [0, 0.05) is 62.1 Å². The van der Waals surface area contributed by atoms with Gasteiger partial charge in [-0.25, -0.2) is 13.4 Å². The van der Waals surface area contributed by atoms with E-state index in [4.69, 9.17) is 21.3 Å². The maximum atomic E-state index is 13.2. The number of aromatic nitrogens is 1. The number of carbonyl (C=O) groups is 1. The molecular weight excluding hydrogens is 556 g/mol. The molecule has 0 atom stereocenters. The van der Waals surface area contributed by atoms with E-state index in [0.717, 1.165) is 36.0 Å². The van der Waals surface area contributed by atoms with E-state index in [1.807, 2.05) is 29.3 Å². The first-order valence-corrected chi connectivity index (χ1v) is 15.8. The van der Waals surface area contributed by atoms with Crippen molar-refractivity contribution in [2.24, 2.45) is 0 Å². The smallest absolute Gasteiger partial charge is 0.273 e. The lowest BCUT2D eigenvalue weighted by Gasteiger charge is -2.34. The second kappa shape index (κ2) is 11.9. The van der Waals surface area contributed by atoms with E-state index in [1.54, 1.807) is 19.2 Å². The topological polar surface area (TPSA) is 83.0 Å². The Morgan fingerprint density at radius 3 is 2.38 bits per heavy atom. The minimum absolute atomic E-state index is 0.0298. The van der Waals surface area contributed by atoms with Crippen LogP contribution in [0.2, 0.25) is 5.02 Å². The van der Waals surface area contributed by atoms with Crippen LogP contribution in [0.3, 0.4) is 0 Å². The fourth-order valence-electron chi connectivity index (χ4n) is 5.06. The molecule has 1 amide bonds.